The molecule has 0 aliphatic heterocycles. The van der Waals surface area contributed by atoms with Crippen molar-refractivity contribution in [3.8, 4) is 5.75 Å². The molecule has 2 rings (SSSR count). The summed E-state index contributed by atoms with van der Waals surface area (Å²) in [5, 5.41) is 13.9. The van der Waals surface area contributed by atoms with Gasteiger partial charge in [0.05, 0.1) is 23.0 Å². The number of rotatable bonds is 7. The third kappa shape index (κ3) is 5.11. The molecule has 2 aromatic carbocycles. The number of halogens is 1. The van der Waals surface area contributed by atoms with Crippen molar-refractivity contribution in [2.75, 3.05) is 12.4 Å². The standard InChI is InChI=1S/C17H17ClN2O4S/c1-3-16(25-13-7-4-11(18)5-8-13)17(21)19-14-10-12(20(22)23)6-9-15(14)24-2/h4-10,16H,3H2,1-2H3,(H,19,21)/t16-/m1/s1. The summed E-state index contributed by atoms with van der Waals surface area (Å²) < 4.78 is 5.17. The number of nitrogens with one attached hydrogen (secondary N) is 1. The number of nitro groups is 1. The lowest BCUT2D eigenvalue weighted by Gasteiger charge is -2.16. The van der Waals surface area contributed by atoms with Crippen LogP contribution in [0.15, 0.2) is 47.4 Å². The van der Waals surface area contributed by atoms with Gasteiger partial charge in [0.1, 0.15) is 5.75 Å². The SMILES string of the molecule is CC[C@@H](Sc1ccc(Cl)cc1)C(=O)Nc1cc([N+](=O)[O-])ccc1OC. The zero-order valence-corrected chi connectivity index (χ0v) is 15.3. The molecule has 0 fully saturated rings. The van der Waals surface area contributed by atoms with Crippen LogP contribution >= 0.6 is 23.4 Å². The number of carbonyl (C=O) groups is 1. The van der Waals surface area contributed by atoms with Crippen LogP contribution in [0.1, 0.15) is 13.3 Å². The van der Waals surface area contributed by atoms with E-state index in [-0.39, 0.29) is 22.5 Å². The smallest absolute Gasteiger partial charge is 0.271 e. The molecule has 0 spiro atoms. The predicted molar refractivity (Wildman–Crippen MR) is 99.7 cm³/mol. The van der Waals surface area contributed by atoms with Crippen LogP contribution in [0.3, 0.4) is 0 Å². The first-order valence-corrected chi connectivity index (χ1v) is 8.76. The Labute approximate surface area is 154 Å². The number of thioether (sulfide) groups is 1. The molecule has 0 unspecified atom stereocenters. The number of hydrogen-bond donors (Lipinski definition) is 1. The van der Waals surface area contributed by atoms with E-state index in [4.69, 9.17) is 16.3 Å². The summed E-state index contributed by atoms with van der Waals surface area (Å²) in [6, 6.07) is 11.3. The number of amides is 1. The fourth-order valence-corrected chi connectivity index (χ4v) is 3.20. The number of nitrogens with zero attached hydrogens (tertiary/aromatic N) is 1. The number of anilines is 1. The fourth-order valence-electron chi connectivity index (χ4n) is 2.12. The van der Waals surface area contributed by atoms with Gasteiger partial charge in [-0.05, 0) is 36.8 Å². The molecule has 0 aromatic heterocycles. The van der Waals surface area contributed by atoms with E-state index in [2.05, 4.69) is 5.32 Å². The maximum absolute atomic E-state index is 12.6. The van der Waals surface area contributed by atoms with E-state index < -0.39 is 4.92 Å². The monoisotopic (exact) mass is 380 g/mol. The Bertz CT molecular complexity index is 768. The number of ether oxygens (including phenoxy) is 1. The van der Waals surface area contributed by atoms with Crippen molar-refractivity contribution in [2.24, 2.45) is 0 Å². The molecule has 0 saturated carbocycles. The molecule has 132 valence electrons. The highest BCUT2D eigenvalue weighted by Crippen LogP contribution is 2.31. The van der Waals surface area contributed by atoms with Crippen LogP contribution in [0.4, 0.5) is 11.4 Å². The number of hydrogen-bond acceptors (Lipinski definition) is 5. The minimum absolute atomic E-state index is 0.116. The Morgan fingerprint density at radius 1 is 1.32 bits per heavy atom. The van der Waals surface area contributed by atoms with Crippen LogP contribution in [0.2, 0.25) is 5.02 Å². The zero-order chi connectivity index (χ0) is 18.4. The molecule has 0 saturated heterocycles. The Balaban J connectivity index is 2.17. The second-order valence-electron chi connectivity index (χ2n) is 5.10. The van der Waals surface area contributed by atoms with Crippen molar-refractivity contribution in [3.63, 3.8) is 0 Å². The van der Waals surface area contributed by atoms with E-state index in [1.807, 2.05) is 19.1 Å². The lowest BCUT2D eigenvalue weighted by Crippen LogP contribution is -2.24. The largest absolute Gasteiger partial charge is 0.495 e. The molecule has 6 nitrogen and oxygen atoms in total. The molecule has 0 radical (unpaired) electrons. The van der Waals surface area contributed by atoms with Crippen LogP contribution in [-0.2, 0) is 4.79 Å². The van der Waals surface area contributed by atoms with E-state index in [9.17, 15) is 14.9 Å². The van der Waals surface area contributed by atoms with Gasteiger partial charge >= 0.3 is 0 Å². The van der Waals surface area contributed by atoms with Gasteiger partial charge in [-0.2, -0.15) is 0 Å². The van der Waals surface area contributed by atoms with E-state index in [1.165, 1.54) is 37.1 Å². The van der Waals surface area contributed by atoms with Gasteiger partial charge < -0.3 is 10.1 Å². The number of benzene rings is 2. The van der Waals surface area contributed by atoms with Crippen molar-refractivity contribution in [1.82, 2.24) is 0 Å². The first kappa shape index (κ1) is 19.1. The molecule has 0 bridgehead atoms. The third-order valence-corrected chi connectivity index (χ3v) is 5.04. The van der Waals surface area contributed by atoms with Crippen LogP contribution in [0, 0.1) is 10.1 Å². The predicted octanol–water partition coefficient (Wildman–Crippen LogP) is 4.77. The quantitative estimate of drug-likeness (QED) is 0.425. The van der Waals surface area contributed by atoms with Crippen LogP contribution in [0.25, 0.3) is 0 Å². The van der Waals surface area contributed by atoms with Crippen LogP contribution in [0.5, 0.6) is 5.75 Å². The van der Waals surface area contributed by atoms with Crippen molar-refractivity contribution < 1.29 is 14.5 Å². The molecule has 25 heavy (non-hydrogen) atoms. The van der Waals surface area contributed by atoms with Gasteiger partial charge in [-0.3, -0.25) is 14.9 Å². The minimum atomic E-state index is -0.519. The average molecular weight is 381 g/mol. The molecule has 2 aromatic rings. The highest BCUT2D eigenvalue weighted by Gasteiger charge is 2.21. The molecule has 1 amide bonds. The summed E-state index contributed by atoms with van der Waals surface area (Å²) >= 11 is 7.27. The lowest BCUT2D eigenvalue weighted by molar-refractivity contribution is -0.384. The topological polar surface area (TPSA) is 81.5 Å². The maximum Gasteiger partial charge on any atom is 0.271 e. The highest BCUT2D eigenvalue weighted by molar-refractivity contribution is 8.00. The van der Waals surface area contributed by atoms with Gasteiger partial charge in [-0.15, -0.1) is 11.8 Å². The lowest BCUT2D eigenvalue weighted by atomic mass is 10.2. The van der Waals surface area contributed by atoms with Crippen molar-refractivity contribution >= 4 is 40.6 Å². The summed E-state index contributed by atoms with van der Waals surface area (Å²) in [7, 11) is 1.44. The Morgan fingerprint density at radius 2 is 2.00 bits per heavy atom. The summed E-state index contributed by atoms with van der Waals surface area (Å²) in [5.74, 6) is 0.117. The first-order valence-electron chi connectivity index (χ1n) is 7.50. The second kappa shape index (κ2) is 8.73. The maximum atomic E-state index is 12.6. The second-order valence-corrected chi connectivity index (χ2v) is 6.81. The Morgan fingerprint density at radius 3 is 2.56 bits per heavy atom. The summed E-state index contributed by atoms with van der Waals surface area (Å²) in [4.78, 5) is 23.9. The Hall–Kier alpha value is -2.25. The highest BCUT2D eigenvalue weighted by atomic mass is 35.5. The van der Waals surface area contributed by atoms with Crippen LogP contribution in [-0.4, -0.2) is 23.2 Å². The number of non-ortho nitro benzene ring substituents is 1. The van der Waals surface area contributed by atoms with Gasteiger partial charge in [0.2, 0.25) is 5.91 Å². The molecular formula is C17H17ClN2O4S. The molecule has 0 aliphatic rings. The van der Waals surface area contributed by atoms with Crippen LogP contribution < -0.4 is 10.1 Å². The van der Waals surface area contributed by atoms with Gasteiger partial charge in [0.25, 0.3) is 5.69 Å². The molecule has 0 aliphatic carbocycles. The first-order chi connectivity index (χ1) is 11.9. The average Bonchev–Trinajstić information content (AvgIpc) is 2.60. The fraction of sp³-hybridized carbons (Fsp3) is 0.235. The van der Waals surface area contributed by atoms with E-state index >= 15 is 0 Å². The third-order valence-electron chi connectivity index (χ3n) is 3.41. The molecule has 8 heteroatoms. The number of carbonyl (C=O) groups excluding carboxylic acids is 1. The van der Waals surface area contributed by atoms with Gasteiger partial charge in [0, 0.05) is 22.1 Å². The normalized spacial score (nSPS) is 11.6. The van der Waals surface area contributed by atoms with E-state index in [0.29, 0.717) is 17.2 Å². The molecule has 1 atom stereocenters. The summed E-state index contributed by atoms with van der Waals surface area (Å²) in [6.45, 7) is 1.90. The minimum Gasteiger partial charge on any atom is -0.495 e. The van der Waals surface area contributed by atoms with Gasteiger partial charge in [0.15, 0.2) is 0 Å². The number of nitro benzene ring substituents is 1. The van der Waals surface area contributed by atoms with Crippen molar-refractivity contribution in [1.29, 1.82) is 0 Å². The Kier molecular flexibility index (Phi) is 6.66. The summed E-state index contributed by atoms with van der Waals surface area (Å²) in [6.07, 6.45) is 0.594. The zero-order valence-electron chi connectivity index (χ0n) is 13.7. The van der Waals surface area contributed by atoms with Gasteiger partial charge in [-0.1, -0.05) is 18.5 Å². The van der Waals surface area contributed by atoms with Crippen molar-refractivity contribution in [3.05, 3.63) is 57.6 Å². The summed E-state index contributed by atoms with van der Waals surface area (Å²) in [5.41, 5.74) is 0.159. The molecule has 1 N–H and O–H groups in total. The van der Waals surface area contributed by atoms with E-state index in [1.54, 1.807) is 12.1 Å². The number of methoxy groups -OCH3 is 1. The van der Waals surface area contributed by atoms with E-state index in [0.717, 1.165) is 4.90 Å². The molecular weight excluding hydrogens is 364 g/mol. The van der Waals surface area contributed by atoms with Crippen molar-refractivity contribution in [2.45, 2.75) is 23.5 Å². The van der Waals surface area contributed by atoms with Gasteiger partial charge in [-0.25, -0.2) is 0 Å². The molecule has 0 heterocycles.